The Morgan fingerprint density at radius 2 is 1.80 bits per heavy atom. The van der Waals surface area contributed by atoms with E-state index < -0.39 is 35.2 Å². The van der Waals surface area contributed by atoms with Crippen molar-refractivity contribution in [2.24, 2.45) is 29.1 Å². The number of rotatable bonds is 3. The molecule has 0 radical (unpaired) electrons. The van der Waals surface area contributed by atoms with Crippen molar-refractivity contribution in [3.05, 3.63) is 47.5 Å². The van der Waals surface area contributed by atoms with Crippen LogP contribution in [-0.4, -0.2) is 41.1 Å². The minimum absolute atomic E-state index is 0.123. The number of carbonyl (C=O) groups excluding carboxylic acids is 3. The van der Waals surface area contributed by atoms with Crippen molar-refractivity contribution in [2.45, 2.75) is 84.2 Å². The van der Waals surface area contributed by atoms with Crippen molar-refractivity contribution in [1.82, 2.24) is 0 Å². The molecule has 0 bridgehead atoms. The smallest absolute Gasteiger partial charge is 0.339 e. The van der Waals surface area contributed by atoms with Crippen LogP contribution >= 0.6 is 0 Å². The van der Waals surface area contributed by atoms with E-state index in [4.69, 9.17) is 14.2 Å². The van der Waals surface area contributed by atoms with Crippen molar-refractivity contribution in [1.29, 1.82) is 0 Å². The molecule has 1 aromatic carbocycles. The highest BCUT2D eigenvalue weighted by Gasteiger charge is 2.72. The SMILES string of the molecule is CC(=O)O[C@@H]1[C@@H]2[C@H]3O[C@]3(C)CC[C@H]3[C@@H](/C=C(\C)C(=O)[C@@]2(OC(=O)c2ccccc2)C[C@H]1C)C3(C)C. The molecule has 2 saturated carbocycles. The second kappa shape index (κ2) is 8.02. The molecule has 0 aromatic heterocycles. The third-order valence-electron chi connectivity index (χ3n) is 9.19. The van der Waals surface area contributed by atoms with Crippen molar-refractivity contribution in [3.63, 3.8) is 0 Å². The van der Waals surface area contributed by atoms with Gasteiger partial charge in [-0.05, 0) is 67.6 Å². The first-order valence-electron chi connectivity index (χ1n) is 12.8. The predicted octanol–water partition coefficient (Wildman–Crippen LogP) is 4.91. The van der Waals surface area contributed by atoms with E-state index in [-0.39, 0.29) is 29.6 Å². The van der Waals surface area contributed by atoms with Crippen molar-refractivity contribution in [2.75, 3.05) is 0 Å². The molecular formula is C29H36O6. The van der Waals surface area contributed by atoms with E-state index in [2.05, 4.69) is 26.8 Å². The summed E-state index contributed by atoms with van der Waals surface area (Å²) in [5.74, 6) is -1.12. The standard InChI is InChI=1S/C29H36O6/c1-16-14-21-20(27(21,4)5)12-13-28(6)25(34-28)22-23(33-18(3)30)17(2)15-29(22,24(16)31)35-26(32)19-10-8-7-9-11-19/h7-11,14,17,20-23,25H,12-13,15H2,1-6H3/b16-14+/t17-,20+,21-,22-,23+,25-,28-,29-/m1/s1. The second-order valence-electron chi connectivity index (χ2n) is 11.9. The van der Waals surface area contributed by atoms with Gasteiger partial charge in [0, 0.05) is 13.3 Å². The Balaban J connectivity index is 1.62. The maximum Gasteiger partial charge on any atom is 0.339 e. The summed E-state index contributed by atoms with van der Waals surface area (Å²) in [5.41, 5.74) is -0.793. The first-order chi connectivity index (χ1) is 16.4. The van der Waals surface area contributed by atoms with Crippen LogP contribution in [0.4, 0.5) is 0 Å². The van der Waals surface area contributed by atoms with E-state index in [0.717, 1.165) is 12.8 Å². The van der Waals surface area contributed by atoms with Crippen molar-refractivity contribution < 1.29 is 28.6 Å². The monoisotopic (exact) mass is 480 g/mol. The maximum absolute atomic E-state index is 14.3. The van der Waals surface area contributed by atoms with Crippen LogP contribution in [0.2, 0.25) is 0 Å². The van der Waals surface area contributed by atoms with Crippen LogP contribution in [0.15, 0.2) is 42.0 Å². The number of hydrogen-bond donors (Lipinski definition) is 0. The molecule has 35 heavy (non-hydrogen) atoms. The number of epoxide rings is 1. The fourth-order valence-corrected chi connectivity index (χ4v) is 7.05. The van der Waals surface area contributed by atoms with Gasteiger partial charge in [0.25, 0.3) is 0 Å². The highest BCUT2D eigenvalue weighted by molar-refractivity contribution is 6.04. The van der Waals surface area contributed by atoms with Gasteiger partial charge in [-0.1, -0.05) is 45.0 Å². The van der Waals surface area contributed by atoms with Gasteiger partial charge in [0.15, 0.2) is 5.60 Å². The fourth-order valence-electron chi connectivity index (χ4n) is 7.05. The second-order valence-corrected chi connectivity index (χ2v) is 11.9. The summed E-state index contributed by atoms with van der Waals surface area (Å²) < 4.78 is 18.4. The molecule has 188 valence electrons. The number of allylic oxidation sites excluding steroid dienone is 1. The maximum atomic E-state index is 14.3. The van der Waals surface area contributed by atoms with Crippen molar-refractivity contribution in [3.8, 4) is 0 Å². The predicted molar refractivity (Wildman–Crippen MR) is 129 cm³/mol. The molecule has 5 rings (SSSR count). The van der Waals surface area contributed by atoms with Crippen LogP contribution in [0.25, 0.3) is 0 Å². The number of ether oxygens (including phenoxy) is 3. The Kier molecular flexibility index (Phi) is 5.55. The Labute approximate surface area is 207 Å². The molecule has 1 aromatic rings. The van der Waals surface area contributed by atoms with Gasteiger partial charge in [-0.2, -0.15) is 0 Å². The van der Waals surface area contributed by atoms with Gasteiger partial charge in [-0.15, -0.1) is 0 Å². The molecule has 1 heterocycles. The van der Waals surface area contributed by atoms with Crippen LogP contribution in [0, 0.1) is 29.1 Å². The number of carbonyl (C=O) groups is 3. The van der Waals surface area contributed by atoms with Gasteiger partial charge in [0.1, 0.15) is 6.10 Å². The number of Topliss-reactive ketones (excluding diaryl/α,β-unsaturated/α-hetero) is 1. The van der Waals surface area contributed by atoms with Gasteiger partial charge in [-0.25, -0.2) is 4.79 Å². The molecule has 8 atom stereocenters. The molecule has 0 amide bonds. The van der Waals surface area contributed by atoms with Crippen LogP contribution in [0.5, 0.6) is 0 Å². The summed E-state index contributed by atoms with van der Waals surface area (Å²) in [4.78, 5) is 39.8. The first-order valence-corrected chi connectivity index (χ1v) is 12.8. The normalized spacial score (nSPS) is 42.8. The zero-order valence-electron chi connectivity index (χ0n) is 21.5. The summed E-state index contributed by atoms with van der Waals surface area (Å²) >= 11 is 0. The Hall–Kier alpha value is -2.47. The molecule has 6 heteroatoms. The largest absolute Gasteiger partial charge is 0.462 e. The summed E-state index contributed by atoms with van der Waals surface area (Å²) in [7, 11) is 0. The fraction of sp³-hybridized carbons (Fsp3) is 0.621. The first kappa shape index (κ1) is 24.2. The molecule has 0 spiro atoms. The van der Waals surface area contributed by atoms with Crippen molar-refractivity contribution >= 4 is 17.7 Å². The summed E-state index contributed by atoms with van der Waals surface area (Å²) in [6, 6.07) is 8.73. The molecule has 4 aliphatic rings. The van der Waals surface area contributed by atoms with Gasteiger partial charge in [0.2, 0.25) is 5.78 Å². The van der Waals surface area contributed by atoms with E-state index in [1.165, 1.54) is 6.92 Å². The molecule has 1 aliphatic heterocycles. The molecule has 3 fully saturated rings. The topological polar surface area (TPSA) is 82.2 Å². The summed E-state index contributed by atoms with van der Waals surface area (Å²) in [6.07, 6.45) is 3.31. The average molecular weight is 481 g/mol. The molecule has 0 unspecified atom stereocenters. The van der Waals surface area contributed by atoms with Gasteiger partial charge >= 0.3 is 11.9 Å². The van der Waals surface area contributed by atoms with E-state index in [0.29, 0.717) is 23.0 Å². The minimum Gasteiger partial charge on any atom is -0.462 e. The Morgan fingerprint density at radius 3 is 2.46 bits per heavy atom. The van der Waals surface area contributed by atoms with E-state index >= 15 is 0 Å². The summed E-state index contributed by atoms with van der Waals surface area (Å²) in [6.45, 7) is 11.7. The molecule has 3 aliphatic carbocycles. The van der Waals surface area contributed by atoms with Crippen LogP contribution in [-0.2, 0) is 23.8 Å². The lowest BCUT2D eigenvalue weighted by Gasteiger charge is -2.35. The third kappa shape index (κ3) is 3.85. The highest BCUT2D eigenvalue weighted by Crippen LogP contribution is 2.65. The molecule has 0 N–H and O–H groups in total. The van der Waals surface area contributed by atoms with Crippen LogP contribution in [0.3, 0.4) is 0 Å². The van der Waals surface area contributed by atoms with Gasteiger partial charge in [-0.3, -0.25) is 9.59 Å². The lowest BCUT2D eigenvalue weighted by Crippen LogP contribution is -2.52. The van der Waals surface area contributed by atoms with E-state index in [1.807, 2.05) is 19.9 Å². The van der Waals surface area contributed by atoms with E-state index in [1.54, 1.807) is 24.3 Å². The zero-order valence-corrected chi connectivity index (χ0v) is 21.5. The lowest BCUT2D eigenvalue weighted by molar-refractivity contribution is -0.156. The molecular weight excluding hydrogens is 444 g/mol. The quantitative estimate of drug-likeness (QED) is 0.452. The number of fused-ring (bicyclic) bond motifs is 4. The summed E-state index contributed by atoms with van der Waals surface area (Å²) in [5, 5.41) is 0. The van der Waals surface area contributed by atoms with Gasteiger partial charge < -0.3 is 14.2 Å². The van der Waals surface area contributed by atoms with Crippen LogP contribution < -0.4 is 0 Å². The van der Waals surface area contributed by atoms with E-state index in [9.17, 15) is 14.4 Å². The molecule has 6 nitrogen and oxygen atoms in total. The highest BCUT2D eigenvalue weighted by atomic mass is 16.6. The number of ketones is 1. The van der Waals surface area contributed by atoms with Gasteiger partial charge in [0.05, 0.1) is 23.2 Å². The Morgan fingerprint density at radius 1 is 1.11 bits per heavy atom. The third-order valence-corrected chi connectivity index (χ3v) is 9.19. The molecule has 1 saturated heterocycles. The number of benzene rings is 1. The number of esters is 2. The Bertz CT molecular complexity index is 1090. The number of hydrogen-bond acceptors (Lipinski definition) is 6. The zero-order chi connectivity index (χ0) is 25.3. The van der Waals surface area contributed by atoms with Crippen LogP contribution in [0.1, 0.15) is 71.2 Å². The lowest BCUT2D eigenvalue weighted by atomic mass is 9.77. The minimum atomic E-state index is -1.46. The average Bonchev–Trinajstić information content (AvgIpc) is 3.57.